The predicted octanol–water partition coefficient (Wildman–Crippen LogP) is 1.61. The predicted molar refractivity (Wildman–Crippen MR) is 78.5 cm³/mol. The monoisotopic (exact) mass is 294 g/mol. The first-order valence-electron chi connectivity index (χ1n) is 6.76. The number of hydrogen-bond acceptors (Lipinski definition) is 4. The third-order valence-electron chi connectivity index (χ3n) is 2.71. The van der Waals surface area contributed by atoms with Crippen LogP contribution in [0.2, 0.25) is 0 Å². The smallest absolute Gasteiger partial charge is 0.238 e. The highest BCUT2D eigenvalue weighted by atomic mass is 16.3. The first kappa shape index (κ1) is 16.8. The van der Waals surface area contributed by atoms with Crippen molar-refractivity contribution in [3.63, 3.8) is 0 Å². The molecule has 0 heterocycles. The van der Waals surface area contributed by atoms with Crippen LogP contribution in [0.3, 0.4) is 0 Å². The molecule has 6 heteroatoms. The Bertz CT molecular complexity index is 521. The van der Waals surface area contributed by atoms with Gasteiger partial charge in [-0.3, -0.25) is 20.4 Å². The summed E-state index contributed by atoms with van der Waals surface area (Å²) >= 11 is 0. The van der Waals surface area contributed by atoms with Crippen molar-refractivity contribution in [3.8, 4) is 11.5 Å². The fraction of sp³-hybridized carbons (Fsp3) is 0.467. The standard InChI is InChI=1S/C15H22N2O4/c1-15(2,3)9-14(21)17-16-13(20)7-5-10-4-6-11(18)12(19)8-10/h4,6,8,18-19H,5,7,9H2,1-3H3,(H,16,20)(H,17,21). The van der Waals surface area contributed by atoms with Gasteiger partial charge in [0.15, 0.2) is 11.5 Å². The number of benzene rings is 1. The lowest BCUT2D eigenvalue weighted by molar-refractivity contribution is -0.129. The van der Waals surface area contributed by atoms with Gasteiger partial charge < -0.3 is 10.2 Å². The van der Waals surface area contributed by atoms with Gasteiger partial charge in [-0.2, -0.15) is 0 Å². The minimum absolute atomic E-state index is 0.140. The van der Waals surface area contributed by atoms with Crippen molar-refractivity contribution in [2.75, 3.05) is 0 Å². The Morgan fingerprint density at radius 1 is 1.05 bits per heavy atom. The summed E-state index contributed by atoms with van der Waals surface area (Å²) < 4.78 is 0. The van der Waals surface area contributed by atoms with Crippen LogP contribution < -0.4 is 10.9 Å². The number of hydrogen-bond donors (Lipinski definition) is 4. The van der Waals surface area contributed by atoms with E-state index in [9.17, 15) is 19.8 Å². The van der Waals surface area contributed by atoms with Gasteiger partial charge in [-0.25, -0.2) is 0 Å². The molecule has 0 fully saturated rings. The van der Waals surface area contributed by atoms with E-state index in [1.807, 2.05) is 20.8 Å². The lowest BCUT2D eigenvalue weighted by atomic mass is 9.92. The second-order valence-corrected chi connectivity index (χ2v) is 6.16. The summed E-state index contributed by atoms with van der Waals surface area (Å²) in [6, 6.07) is 4.40. The van der Waals surface area contributed by atoms with Crippen molar-refractivity contribution < 1.29 is 19.8 Å². The molecule has 0 saturated carbocycles. The second-order valence-electron chi connectivity index (χ2n) is 6.16. The molecule has 6 nitrogen and oxygen atoms in total. The van der Waals surface area contributed by atoms with Gasteiger partial charge in [0.25, 0.3) is 0 Å². The SMILES string of the molecule is CC(C)(C)CC(=O)NNC(=O)CCc1ccc(O)c(O)c1. The summed E-state index contributed by atoms with van der Waals surface area (Å²) in [7, 11) is 0. The van der Waals surface area contributed by atoms with Crippen molar-refractivity contribution in [1.29, 1.82) is 0 Å². The van der Waals surface area contributed by atoms with Gasteiger partial charge in [0.2, 0.25) is 11.8 Å². The van der Waals surface area contributed by atoms with Crippen LogP contribution in [0.5, 0.6) is 11.5 Å². The summed E-state index contributed by atoms with van der Waals surface area (Å²) in [4.78, 5) is 23.1. The summed E-state index contributed by atoms with van der Waals surface area (Å²) in [6.45, 7) is 5.81. The molecule has 1 rings (SSSR count). The number of aryl methyl sites for hydroxylation is 1. The molecule has 1 aromatic carbocycles. The Morgan fingerprint density at radius 2 is 1.67 bits per heavy atom. The third-order valence-corrected chi connectivity index (χ3v) is 2.71. The van der Waals surface area contributed by atoms with E-state index in [4.69, 9.17) is 0 Å². The van der Waals surface area contributed by atoms with E-state index in [2.05, 4.69) is 10.9 Å². The third kappa shape index (κ3) is 6.65. The number of phenolic OH excluding ortho intramolecular Hbond substituents is 2. The number of nitrogens with one attached hydrogen (secondary N) is 2. The molecule has 0 radical (unpaired) electrons. The molecule has 21 heavy (non-hydrogen) atoms. The van der Waals surface area contributed by atoms with Crippen LogP contribution in [0.25, 0.3) is 0 Å². The minimum atomic E-state index is -0.315. The average molecular weight is 294 g/mol. The van der Waals surface area contributed by atoms with Crippen LogP contribution in [0, 0.1) is 5.41 Å². The Hall–Kier alpha value is -2.24. The number of amides is 2. The molecule has 0 aliphatic carbocycles. The van der Waals surface area contributed by atoms with Gasteiger partial charge in [-0.05, 0) is 29.5 Å². The molecule has 0 atom stereocenters. The van der Waals surface area contributed by atoms with E-state index >= 15 is 0 Å². The Morgan fingerprint density at radius 3 is 2.24 bits per heavy atom. The summed E-state index contributed by atoms with van der Waals surface area (Å²) in [5, 5.41) is 18.5. The topological polar surface area (TPSA) is 98.7 Å². The molecular formula is C15H22N2O4. The Balaban J connectivity index is 2.34. The molecule has 2 amide bonds. The molecule has 0 aliphatic rings. The molecule has 116 valence electrons. The number of hydrazine groups is 1. The van der Waals surface area contributed by atoms with Crippen molar-refractivity contribution in [1.82, 2.24) is 10.9 Å². The van der Waals surface area contributed by atoms with Gasteiger partial charge in [0.05, 0.1) is 0 Å². The van der Waals surface area contributed by atoms with E-state index in [-0.39, 0.29) is 35.1 Å². The number of phenols is 2. The van der Waals surface area contributed by atoms with Gasteiger partial charge in [-0.15, -0.1) is 0 Å². The first-order chi connectivity index (χ1) is 9.67. The first-order valence-corrected chi connectivity index (χ1v) is 6.76. The highest BCUT2D eigenvalue weighted by molar-refractivity contribution is 5.82. The van der Waals surface area contributed by atoms with Gasteiger partial charge >= 0.3 is 0 Å². The fourth-order valence-electron chi connectivity index (χ4n) is 1.71. The molecular weight excluding hydrogens is 272 g/mol. The number of carbonyl (C=O) groups is 2. The quantitative estimate of drug-likeness (QED) is 0.501. The van der Waals surface area contributed by atoms with Crippen LogP contribution in [0.15, 0.2) is 18.2 Å². The molecule has 0 saturated heterocycles. The number of carbonyl (C=O) groups excluding carboxylic acids is 2. The van der Waals surface area contributed by atoms with Crippen LogP contribution in [0.1, 0.15) is 39.2 Å². The summed E-state index contributed by atoms with van der Waals surface area (Å²) in [5.41, 5.74) is 5.30. The van der Waals surface area contributed by atoms with Crippen molar-refractivity contribution in [2.24, 2.45) is 5.41 Å². The maximum atomic E-state index is 11.6. The van der Waals surface area contributed by atoms with Crippen molar-refractivity contribution >= 4 is 11.8 Å². The van der Waals surface area contributed by atoms with Crippen molar-refractivity contribution in [2.45, 2.75) is 40.0 Å². The van der Waals surface area contributed by atoms with Gasteiger partial charge in [0.1, 0.15) is 0 Å². The molecule has 4 N–H and O–H groups in total. The molecule has 0 bridgehead atoms. The highest BCUT2D eigenvalue weighted by Gasteiger charge is 2.16. The zero-order valence-corrected chi connectivity index (χ0v) is 12.6. The molecule has 1 aromatic rings. The zero-order chi connectivity index (χ0) is 16.0. The average Bonchev–Trinajstić information content (AvgIpc) is 2.36. The highest BCUT2D eigenvalue weighted by Crippen LogP contribution is 2.25. The maximum Gasteiger partial charge on any atom is 0.238 e. The second kappa shape index (κ2) is 6.97. The molecule has 0 aromatic heterocycles. The minimum Gasteiger partial charge on any atom is -0.504 e. The van der Waals surface area contributed by atoms with Crippen LogP contribution in [0.4, 0.5) is 0 Å². The Kier molecular flexibility index (Phi) is 5.58. The van der Waals surface area contributed by atoms with Crippen LogP contribution in [-0.2, 0) is 16.0 Å². The normalized spacial score (nSPS) is 11.0. The number of rotatable bonds is 4. The van der Waals surface area contributed by atoms with Crippen LogP contribution in [-0.4, -0.2) is 22.0 Å². The molecule has 0 spiro atoms. The van der Waals surface area contributed by atoms with Gasteiger partial charge in [-0.1, -0.05) is 26.8 Å². The van der Waals surface area contributed by atoms with E-state index in [1.165, 1.54) is 12.1 Å². The zero-order valence-electron chi connectivity index (χ0n) is 12.6. The van der Waals surface area contributed by atoms with Gasteiger partial charge in [0, 0.05) is 12.8 Å². The van der Waals surface area contributed by atoms with Crippen LogP contribution >= 0.6 is 0 Å². The molecule has 0 unspecified atom stereocenters. The van der Waals surface area contributed by atoms with E-state index < -0.39 is 0 Å². The van der Waals surface area contributed by atoms with Crippen molar-refractivity contribution in [3.05, 3.63) is 23.8 Å². The lowest BCUT2D eigenvalue weighted by Gasteiger charge is -2.17. The number of aromatic hydroxyl groups is 2. The summed E-state index contributed by atoms with van der Waals surface area (Å²) in [6.07, 6.45) is 0.883. The molecule has 0 aliphatic heterocycles. The lowest BCUT2D eigenvalue weighted by Crippen LogP contribution is -2.42. The van der Waals surface area contributed by atoms with E-state index in [0.717, 1.165) is 5.56 Å². The summed E-state index contributed by atoms with van der Waals surface area (Å²) in [5.74, 6) is -0.966. The Labute approximate surface area is 124 Å². The largest absolute Gasteiger partial charge is 0.504 e. The van der Waals surface area contributed by atoms with E-state index in [0.29, 0.717) is 12.8 Å². The maximum absolute atomic E-state index is 11.6. The van der Waals surface area contributed by atoms with E-state index in [1.54, 1.807) is 6.07 Å². The fourth-order valence-corrected chi connectivity index (χ4v) is 1.71.